The lowest BCUT2D eigenvalue weighted by Crippen LogP contribution is -2.51. The normalized spacial score (nSPS) is 13.0. The predicted molar refractivity (Wildman–Crippen MR) is 212 cm³/mol. The number of esters is 2. The zero-order chi connectivity index (χ0) is 39.7. The van der Waals surface area contributed by atoms with Gasteiger partial charge in [-0.2, -0.15) is 0 Å². The van der Waals surface area contributed by atoms with Gasteiger partial charge in [-0.3, -0.25) is 4.79 Å². The van der Waals surface area contributed by atoms with E-state index in [4.69, 9.17) is 28.4 Å². The highest BCUT2D eigenvalue weighted by molar-refractivity contribution is 5.89. The lowest BCUT2D eigenvalue weighted by atomic mass is 10.0. The van der Waals surface area contributed by atoms with E-state index in [2.05, 4.69) is 47.8 Å². The first-order valence-corrected chi connectivity index (χ1v) is 19.2. The van der Waals surface area contributed by atoms with Crippen LogP contribution < -0.4 is 10.1 Å². The van der Waals surface area contributed by atoms with Crippen LogP contribution in [0, 0.1) is 13.8 Å². The van der Waals surface area contributed by atoms with Gasteiger partial charge in [-0.05, 0) is 127 Å². The van der Waals surface area contributed by atoms with Crippen LogP contribution in [0.1, 0.15) is 102 Å². The van der Waals surface area contributed by atoms with Crippen molar-refractivity contribution in [2.45, 2.75) is 130 Å². The molecule has 0 bridgehead atoms. The molecule has 1 amide bonds. The average molecular weight is 750 g/mol. The van der Waals surface area contributed by atoms with E-state index in [0.29, 0.717) is 13.0 Å². The fourth-order valence-electron chi connectivity index (χ4n) is 6.15. The summed E-state index contributed by atoms with van der Waals surface area (Å²) < 4.78 is 33.7. The molecule has 2 atom stereocenters. The molecule has 10 nitrogen and oxygen atoms in total. The molecule has 0 aliphatic rings. The number of fused-ring (bicyclic) bond motifs is 1. The molecular formula is C44H63NO9. The number of unbranched alkanes of at least 4 members (excludes halogenated alkanes) is 4. The second-order valence-electron chi connectivity index (χ2n) is 15.8. The lowest BCUT2D eigenvalue weighted by Gasteiger charge is -2.29. The molecule has 0 aliphatic heterocycles. The van der Waals surface area contributed by atoms with Gasteiger partial charge in [0.1, 0.15) is 23.6 Å². The monoisotopic (exact) mass is 749 g/mol. The van der Waals surface area contributed by atoms with Crippen LogP contribution in [-0.2, 0) is 50.9 Å². The Labute approximate surface area is 322 Å². The number of rotatable bonds is 22. The van der Waals surface area contributed by atoms with Crippen molar-refractivity contribution in [3.63, 3.8) is 0 Å². The number of carbonyl (C=O) groups excluding carboxylic acids is 3. The number of nitrogens with one attached hydrogen (secondary N) is 1. The molecule has 0 heterocycles. The fraction of sp³-hybridized carbons (Fsp3) is 0.568. The third-order valence-electron chi connectivity index (χ3n) is 8.48. The number of hydrogen-bond acceptors (Lipinski definition) is 9. The number of hydrogen-bond donors (Lipinski definition) is 1. The van der Waals surface area contributed by atoms with Crippen molar-refractivity contribution in [2.24, 2.45) is 0 Å². The Balaban J connectivity index is 1.60. The molecule has 0 aromatic heterocycles. The highest BCUT2D eigenvalue weighted by atomic mass is 16.7. The molecule has 0 saturated carbocycles. The molecule has 0 fully saturated rings. The third kappa shape index (κ3) is 16.2. The van der Waals surface area contributed by atoms with Gasteiger partial charge in [-0.1, -0.05) is 67.4 Å². The summed E-state index contributed by atoms with van der Waals surface area (Å²) in [5.41, 5.74) is 3.03. The Morgan fingerprint density at radius 1 is 0.685 bits per heavy atom. The minimum Gasteiger partial charge on any atom is -0.467 e. The zero-order valence-corrected chi connectivity index (χ0v) is 34.0. The van der Waals surface area contributed by atoms with Crippen LogP contribution in [0.15, 0.2) is 54.6 Å². The van der Waals surface area contributed by atoms with Crippen LogP contribution in [0.25, 0.3) is 10.8 Å². The predicted octanol–water partition coefficient (Wildman–Crippen LogP) is 8.14. The molecular weight excluding hydrogens is 686 g/mol. The second-order valence-corrected chi connectivity index (χ2v) is 15.8. The molecule has 3 aromatic carbocycles. The van der Waals surface area contributed by atoms with Gasteiger partial charge in [-0.25, -0.2) is 9.59 Å². The second kappa shape index (κ2) is 21.8. The maximum absolute atomic E-state index is 13.7. The zero-order valence-electron chi connectivity index (χ0n) is 34.0. The summed E-state index contributed by atoms with van der Waals surface area (Å²) in [6, 6.07) is 19.1. The molecule has 54 heavy (non-hydrogen) atoms. The van der Waals surface area contributed by atoms with Gasteiger partial charge in [0.15, 0.2) is 19.0 Å². The minimum absolute atomic E-state index is 0.208. The number of amides is 1. The van der Waals surface area contributed by atoms with E-state index in [1.165, 1.54) is 21.9 Å². The van der Waals surface area contributed by atoms with Crippen LogP contribution in [0.3, 0.4) is 0 Å². The van der Waals surface area contributed by atoms with Gasteiger partial charge in [0.05, 0.1) is 0 Å². The van der Waals surface area contributed by atoms with Gasteiger partial charge < -0.3 is 33.7 Å². The summed E-state index contributed by atoms with van der Waals surface area (Å²) in [5.74, 6) is -1.09. The molecule has 0 aliphatic carbocycles. The van der Waals surface area contributed by atoms with E-state index in [9.17, 15) is 14.4 Å². The fourth-order valence-corrected chi connectivity index (χ4v) is 6.15. The Morgan fingerprint density at radius 2 is 1.31 bits per heavy atom. The Morgan fingerprint density at radius 3 is 1.96 bits per heavy atom. The van der Waals surface area contributed by atoms with Crippen molar-refractivity contribution < 1.29 is 42.8 Å². The molecule has 298 valence electrons. The van der Waals surface area contributed by atoms with E-state index in [1.54, 1.807) is 48.7 Å². The standard InChI is InChI=1S/C44H63NO9/c1-31-26-34(27-32(2)38(31)52-30-49-9)19-12-10-16-24-45-41(47)39(40(42(48)54-44(6,7)8)51-29-37(46)53-43(3,4)5)50-25-17-11-13-18-33-22-23-35-20-14-15-21-36(35)28-33/h14-15,20-23,26-28,39-40H,10-13,16-19,24-25,29-30H2,1-9H3,(H,45,47)/t39-,40-/m1/s1. The summed E-state index contributed by atoms with van der Waals surface area (Å²) in [6.45, 7) is 14.8. The molecule has 0 spiro atoms. The maximum atomic E-state index is 13.7. The van der Waals surface area contributed by atoms with Crippen molar-refractivity contribution in [3.05, 3.63) is 76.9 Å². The van der Waals surface area contributed by atoms with Crippen molar-refractivity contribution in [2.75, 3.05) is 33.7 Å². The van der Waals surface area contributed by atoms with Crippen LogP contribution in [0.5, 0.6) is 5.75 Å². The molecule has 0 unspecified atom stereocenters. The number of benzene rings is 3. The van der Waals surface area contributed by atoms with Crippen LogP contribution >= 0.6 is 0 Å². The SMILES string of the molecule is COCOc1c(C)cc(CCCCCNC(=O)[C@H](OCCCCCc2ccc3ccccc3c2)[C@@H](OCC(=O)OC(C)(C)C)C(=O)OC(C)(C)C)cc1C. The Hall–Kier alpha value is -3.99. The lowest BCUT2D eigenvalue weighted by molar-refractivity contribution is -0.187. The number of ether oxygens (including phenoxy) is 6. The van der Waals surface area contributed by atoms with Crippen molar-refractivity contribution in [1.82, 2.24) is 5.32 Å². The molecule has 0 radical (unpaired) electrons. The number of aryl methyl sites for hydroxylation is 4. The van der Waals surface area contributed by atoms with Gasteiger partial charge >= 0.3 is 11.9 Å². The topological polar surface area (TPSA) is 119 Å². The first-order chi connectivity index (χ1) is 25.6. The van der Waals surface area contributed by atoms with Crippen LogP contribution in [0.4, 0.5) is 0 Å². The minimum atomic E-state index is -1.48. The first-order valence-electron chi connectivity index (χ1n) is 19.2. The van der Waals surface area contributed by atoms with E-state index < -0.39 is 47.9 Å². The maximum Gasteiger partial charge on any atom is 0.339 e. The van der Waals surface area contributed by atoms with Gasteiger partial charge in [0.2, 0.25) is 0 Å². The third-order valence-corrected chi connectivity index (χ3v) is 8.48. The number of methoxy groups -OCH3 is 1. The quantitative estimate of drug-likeness (QED) is 0.0617. The summed E-state index contributed by atoms with van der Waals surface area (Å²) in [7, 11) is 1.60. The van der Waals surface area contributed by atoms with Crippen molar-refractivity contribution in [1.29, 1.82) is 0 Å². The smallest absolute Gasteiger partial charge is 0.339 e. The first kappa shape index (κ1) is 44.4. The summed E-state index contributed by atoms with van der Waals surface area (Å²) >= 11 is 0. The van der Waals surface area contributed by atoms with E-state index >= 15 is 0 Å². The number of carbonyl (C=O) groups is 3. The molecule has 3 aromatic rings. The summed E-state index contributed by atoms with van der Waals surface area (Å²) in [4.78, 5) is 39.8. The molecule has 1 N–H and O–H groups in total. The van der Waals surface area contributed by atoms with Crippen LogP contribution in [0.2, 0.25) is 0 Å². The van der Waals surface area contributed by atoms with E-state index in [-0.39, 0.29) is 13.4 Å². The van der Waals surface area contributed by atoms with E-state index in [1.807, 2.05) is 26.0 Å². The molecule has 10 heteroatoms. The van der Waals surface area contributed by atoms with Gasteiger partial charge in [-0.15, -0.1) is 0 Å². The highest BCUT2D eigenvalue weighted by Gasteiger charge is 2.39. The van der Waals surface area contributed by atoms with E-state index in [0.717, 1.165) is 61.8 Å². The largest absolute Gasteiger partial charge is 0.467 e. The summed E-state index contributed by atoms with van der Waals surface area (Å²) in [6.07, 6.45) is 4.03. The Kier molecular flexibility index (Phi) is 17.9. The van der Waals surface area contributed by atoms with Gasteiger partial charge in [0.25, 0.3) is 5.91 Å². The van der Waals surface area contributed by atoms with Crippen molar-refractivity contribution in [3.8, 4) is 5.75 Å². The highest BCUT2D eigenvalue weighted by Crippen LogP contribution is 2.26. The average Bonchev–Trinajstić information content (AvgIpc) is 3.08. The van der Waals surface area contributed by atoms with Gasteiger partial charge in [0, 0.05) is 20.3 Å². The Bertz CT molecular complexity index is 1620. The van der Waals surface area contributed by atoms with Crippen LogP contribution in [-0.4, -0.2) is 74.9 Å². The van der Waals surface area contributed by atoms with Crippen molar-refractivity contribution >= 4 is 28.6 Å². The summed E-state index contributed by atoms with van der Waals surface area (Å²) in [5, 5.41) is 5.38. The molecule has 0 saturated heterocycles. The molecule has 3 rings (SSSR count).